The summed E-state index contributed by atoms with van der Waals surface area (Å²) in [5.41, 5.74) is 8.49. The number of azo groups is 1. The van der Waals surface area contributed by atoms with Gasteiger partial charge in [-0.25, -0.2) is 0 Å². The summed E-state index contributed by atoms with van der Waals surface area (Å²) in [6.45, 7) is 6.07. The van der Waals surface area contributed by atoms with E-state index in [4.69, 9.17) is 5.73 Å². The van der Waals surface area contributed by atoms with Gasteiger partial charge in [-0.3, -0.25) is 0 Å². The lowest BCUT2D eigenvalue weighted by Gasteiger charge is -2.20. The highest BCUT2D eigenvalue weighted by Gasteiger charge is 2.09. The Bertz CT molecular complexity index is 785. The molecule has 6 nitrogen and oxygen atoms in total. The van der Waals surface area contributed by atoms with Gasteiger partial charge in [0.2, 0.25) is 0 Å². The molecule has 0 fully saturated rings. The molecule has 6 heteroatoms. The Morgan fingerprint density at radius 1 is 0.958 bits per heavy atom. The molecule has 0 aliphatic rings. The summed E-state index contributed by atoms with van der Waals surface area (Å²) in [4.78, 5) is 2.22. The molecule has 0 saturated carbocycles. The molecule has 0 spiro atoms. The van der Waals surface area contributed by atoms with E-state index < -0.39 is 0 Å². The second-order valence-corrected chi connectivity index (χ2v) is 5.08. The van der Waals surface area contributed by atoms with Gasteiger partial charge in [0.25, 0.3) is 0 Å². The van der Waals surface area contributed by atoms with Crippen LogP contribution in [0.1, 0.15) is 25.0 Å². The summed E-state index contributed by atoms with van der Waals surface area (Å²) in [5.74, 6) is 0. The first-order valence-electron chi connectivity index (χ1n) is 7.63. The fourth-order valence-electron chi connectivity index (χ4n) is 2.36. The summed E-state index contributed by atoms with van der Waals surface area (Å²) < 4.78 is 0. The molecule has 0 bridgehead atoms. The Hall–Kier alpha value is -3.38. The average molecular weight is 318 g/mol. The number of nitriles is 2. The van der Waals surface area contributed by atoms with Gasteiger partial charge in [0.05, 0.1) is 16.8 Å². The number of hydrogen-bond acceptors (Lipinski definition) is 6. The van der Waals surface area contributed by atoms with Crippen molar-refractivity contribution in [1.29, 1.82) is 10.5 Å². The van der Waals surface area contributed by atoms with E-state index in [1.807, 2.05) is 36.4 Å². The predicted octanol–water partition coefficient (Wildman–Crippen LogP) is 4.27. The summed E-state index contributed by atoms with van der Waals surface area (Å²) in [6.07, 6.45) is 0. The lowest BCUT2D eigenvalue weighted by atomic mass is 10.1. The quantitative estimate of drug-likeness (QED) is 0.656. The molecule has 0 radical (unpaired) electrons. The average Bonchev–Trinajstić information content (AvgIpc) is 2.61. The van der Waals surface area contributed by atoms with Crippen molar-refractivity contribution < 1.29 is 0 Å². The fourth-order valence-corrected chi connectivity index (χ4v) is 2.36. The molecule has 2 aromatic carbocycles. The van der Waals surface area contributed by atoms with Crippen LogP contribution in [0, 0.1) is 22.7 Å². The van der Waals surface area contributed by atoms with E-state index in [-0.39, 0.29) is 16.8 Å². The van der Waals surface area contributed by atoms with Crippen molar-refractivity contribution in [1.82, 2.24) is 0 Å². The zero-order valence-electron chi connectivity index (χ0n) is 13.7. The van der Waals surface area contributed by atoms with Crippen molar-refractivity contribution in [3.05, 3.63) is 47.5 Å². The van der Waals surface area contributed by atoms with Crippen molar-refractivity contribution >= 4 is 22.7 Å². The molecule has 0 amide bonds. The van der Waals surface area contributed by atoms with Crippen molar-refractivity contribution in [2.75, 3.05) is 23.7 Å². The van der Waals surface area contributed by atoms with E-state index in [1.54, 1.807) is 0 Å². The second-order valence-electron chi connectivity index (χ2n) is 5.08. The molecule has 0 saturated heterocycles. The number of anilines is 2. The van der Waals surface area contributed by atoms with Crippen LogP contribution < -0.4 is 10.6 Å². The number of nitrogens with two attached hydrogens (primary N) is 1. The molecule has 0 heterocycles. The summed E-state index contributed by atoms with van der Waals surface area (Å²) in [5, 5.41) is 26.6. The van der Waals surface area contributed by atoms with Crippen LogP contribution in [0.2, 0.25) is 0 Å². The predicted molar refractivity (Wildman–Crippen MR) is 94.5 cm³/mol. The van der Waals surface area contributed by atoms with Crippen LogP contribution in [0.25, 0.3) is 0 Å². The van der Waals surface area contributed by atoms with Crippen LogP contribution in [-0.4, -0.2) is 13.1 Å². The van der Waals surface area contributed by atoms with Crippen molar-refractivity contribution in [3.8, 4) is 12.1 Å². The van der Waals surface area contributed by atoms with Crippen LogP contribution in [-0.2, 0) is 0 Å². The second kappa shape index (κ2) is 7.75. The standard InChI is InChI=1S/C18H18N6/c1-3-24(4-2)17-7-5-16(6-8-17)22-23-18-13(11-19)9-15(21)10-14(18)12-20/h5-10H,3-4,21H2,1-2H3. The Labute approximate surface area is 141 Å². The van der Waals surface area contributed by atoms with Gasteiger partial charge in [-0.2, -0.15) is 15.6 Å². The highest BCUT2D eigenvalue weighted by molar-refractivity contribution is 5.68. The van der Waals surface area contributed by atoms with Crippen LogP contribution in [0.15, 0.2) is 46.6 Å². The lowest BCUT2D eigenvalue weighted by Crippen LogP contribution is -2.21. The van der Waals surface area contributed by atoms with Gasteiger partial charge in [-0.1, -0.05) is 0 Å². The molecule has 24 heavy (non-hydrogen) atoms. The van der Waals surface area contributed by atoms with Crippen LogP contribution >= 0.6 is 0 Å². The Morgan fingerprint density at radius 3 is 1.96 bits per heavy atom. The topological polar surface area (TPSA) is 102 Å². The zero-order chi connectivity index (χ0) is 17.5. The van der Waals surface area contributed by atoms with Gasteiger partial charge < -0.3 is 10.6 Å². The molecule has 2 aromatic rings. The molecule has 0 unspecified atom stereocenters. The minimum Gasteiger partial charge on any atom is -0.399 e. The van der Waals surface area contributed by atoms with Crippen LogP contribution in [0.3, 0.4) is 0 Å². The van der Waals surface area contributed by atoms with Gasteiger partial charge in [0.15, 0.2) is 0 Å². The third-order valence-corrected chi connectivity index (χ3v) is 3.62. The van der Waals surface area contributed by atoms with Crippen molar-refractivity contribution in [2.45, 2.75) is 13.8 Å². The maximum Gasteiger partial charge on any atom is 0.121 e. The maximum absolute atomic E-state index is 9.19. The fraction of sp³-hybridized carbons (Fsp3) is 0.222. The molecule has 0 aliphatic carbocycles. The number of hydrogen-bond donors (Lipinski definition) is 1. The van der Waals surface area contributed by atoms with Gasteiger partial charge in [-0.05, 0) is 50.2 Å². The Kier molecular flexibility index (Phi) is 5.49. The van der Waals surface area contributed by atoms with Crippen molar-refractivity contribution in [3.63, 3.8) is 0 Å². The first-order valence-corrected chi connectivity index (χ1v) is 7.63. The molecule has 0 atom stereocenters. The first kappa shape index (κ1) is 17.0. The van der Waals surface area contributed by atoms with Crippen molar-refractivity contribution in [2.24, 2.45) is 10.2 Å². The van der Waals surface area contributed by atoms with E-state index in [0.29, 0.717) is 11.4 Å². The van der Waals surface area contributed by atoms with Gasteiger partial charge >= 0.3 is 0 Å². The minimum atomic E-state index is 0.232. The van der Waals surface area contributed by atoms with E-state index in [0.717, 1.165) is 18.8 Å². The van der Waals surface area contributed by atoms with Crippen LogP contribution in [0.5, 0.6) is 0 Å². The van der Waals surface area contributed by atoms with Crippen LogP contribution in [0.4, 0.5) is 22.7 Å². The van der Waals surface area contributed by atoms with Gasteiger partial charge in [0, 0.05) is 24.5 Å². The van der Waals surface area contributed by atoms with E-state index >= 15 is 0 Å². The molecule has 120 valence electrons. The third kappa shape index (κ3) is 3.68. The van der Waals surface area contributed by atoms with E-state index in [1.165, 1.54) is 12.1 Å². The number of nitrogen functional groups attached to an aromatic ring is 1. The van der Waals surface area contributed by atoms with E-state index in [9.17, 15) is 10.5 Å². The van der Waals surface area contributed by atoms with Gasteiger partial charge in [0.1, 0.15) is 17.8 Å². The normalized spacial score (nSPS) is 10.3. The molecular formula is C18H18N6. The smallest absolute Gasteiger partial charge is 0.121 e. The minimum absolute atomic E-state index is 0.232. The first-order chi connectivity index (χ1) is 11.6. The Morgan fingerprint density at radius 2 is 1.50 bits per heavy atom. The highest BCUT2D eigenvalue weighted by atomic mass is 15.1. The Balaban J connectivity index is 2.32. The van der Waals surface area contributed by atoms with E-state index in [2.05, 4.69) is 29.0 Å². The number of nitrogens with zero attached hydrogens (tertiary/aromatic N) is 5. The number of rotatable bonds is 5. The van der Waals surface area contributed by atoms with Gasteiger partial charge in [-0.15, -0.1) is 5.11 Å². The lowest BCUT2D eigenvalue weighted by molar-refractivity contribution is 0.866. The zero-order valence-corrected chi connectivity index (χ0v) is 13.7. The molecule has 2 rings (SSSR count). The molecular weight excluding hydrogens is 300 g/mol. The molecule has 2 N–H and O–H groups in total. The number of benzene rings is 2. The summed E-state index contributed by atoms with van der Waals surface area (Å²) in [7, 11) is 0. The highest BCUT2D eigenvalue weighted by Crippen LogP contribution is 2.29. The monoisotopic (exact) mass is 318 g/mol. The third-order valence-electron chi connectivity index (χ3n) is 3.62. The molecule has 0 aromatic heterocycles. The largest absolute Gasteiger partial charge is 0.399 e. The maximum atomic E-state index is 9.19. The molecule has 0 aliphatic heterocycles. The SMILES string of the molecule is CCN(CC)c1ccc(N=Nc2c(C#N)cc(N)cc2C#N)cc1. The summed E-state index contributed by atoms with van der Waals surface area (Å²) >= 11 is 0. The summed E-state index contributed by atoms with van der Waals surface area (Å²) in [6, 6.07) is 14.6.